The summed E-state index contributed by atoms with van der Waals surface area (Å²) in [6.45, 7) is 4.45. The van der Waals surface area contributed by atoms with E-state index in [4.69, 9.17) is 0 Å². The zero-order valence-electron chi connectivity index (χ0n) is 11.2. The third-order valence-electron chi connectivity index (χ3n) is 3.58. The topological polar surface area (TPSA) is 20.3 Å². The van der Waals surface area contributed by atoms with Crippen LogP contribution in [0.3, 0.4) is 0 Å². The Kier molecular flexibility index (Phi) is 4.01. The fraction of sp³-hybridized carbons (Fsp3) is 0.500. The lowest BCUT2D eigenvalue weighted by Gasteiger charge is -2.37. The van der Waals surface area contributed by atoms with Crippen molar-refractivity contribution in [3.05, 3.63) is 28.8 Å². The summed E-state index contributed by atoms with van der Waals surface area (Å²) in [7, 11) is 0. The molecule has 0 aliphatic carbocycles. The summed E-state index contributed by atoms with van der Waals surface area (Å²) in [6.07, 6.45) is 0.666. The number of benzene rings is 1. The highest BCUT2D eigenvalue weighted by Crippen LogP contribution is 2.34. The van der Waals surface area contributed by atoms with E-state index >= 15 is 0 Å². The number of hydrogen-bond acceptors (Lipinski definition) is 2. The van der Waals surface area contributed by atoms with Gasteiger partial charge in [0, 0.05) is 13.1 Å². The van der Waals surface area contributed by atoms with Gasteiger partial charge in [-0.2, -0.15) is 0 Å². The Labute approximate surface area is 114 Å². The molecule has 1 saturated heterocycles. The molecular formula is C14H15F4NO. The molecule has 20 heavy (non-hydrogen) atoms. The summed E-state index contributed by atoms with van der Waals surface area (Å²) in [6, 6.07) is 0. The molecule has 1 aliphatic rings. The molecule has 0 radical (unpaired) electrons. The number of carbonyl (C=O) groups is 1. The first-order chi connectivity index (χ1) is 9.36. The molecule has 1 fully saturated rings. The summed E-state index contributed by atoms with van der Waals surface area (Å²) in [5.41, 5.74) is -1.93. The van der Waals surface area contributed by atoms with Crippen LogP contribution in [0.1, 0.15) is 30.6 Å². The van der Waals surface area contributed by atoms with Crippen LogP contribution in [0.25, 0.3) is 0 Å². The lowest BCUT2D eigenvalue weighted by Crippen LogP contribution is -2.40. The highest BCUT2D eigenvalue weighted by atomic mass is 19.2. The third kappa shape index (κ3) is 2.39. The molecule has 1 aromatic carbocycles. The molecular weight excluding hydrogens is 274 g/mol. The lowest BCUT2D eigenvalue weighted by atomic mass is 9.91. The van der Waals surface area contributed by atoms with Gasteiger partial charge in [-0.05, 0) is 18.3 Å². The third-order valence-corrected chi connectivity index (χ3v) is 3.58. The van der Waals surface area contributed by atoms with Crippen LogP contribution in [-0.4, -0.2) is 19.4 Å². The number of halogens is 4. The summed E-state index contributed by atoms with van der Waals surface area (Å²) < 4.78 is 55.1. The molecule has 1 aromatic rings. The first-order valence-electron chi connectivity index (χ1n) is 6.42. The summed E-state index contributed by atoms with van der Waals surface area (Å²) >= 11 is 0. The fourth-order valence-electron chi connectivity index (χ4n) is 2.86. The number of nitrogens with zero attached hydrogens (tertiary/aromatic N) is 1. The Bertz CT molecular complexity index is 507. The number of carbonyl (C=O) groups excluding carboxylic acids is 1. The van der Waals surface area contributed by atoms with Gasteiger partial charge in [0.15, 0.2) is 29.6 Å². The first-order valence-corrected chi connectivity index (χ1v) is 6.42. The van der Waals surface area contributed by atoms with E-state index in [0.29, 0.717) is 13.1 Å². The maximum atomic E-state index is 13.9. The molecule has 0 saturated carbocycles. The first kappa shape index (κ1) is 14.8. The summed E-state index contributed by atoms with van der Waals surface area (Å²) in [5.74, 6) is -5.97. The smallest absolute Gasteiger partial charge is 0.186 e. The highest BCUT2D eigenvalue weighted by molar-refractivity contribution is 5.77. The van der Waals surface area contributed by atoms with Crippen molar-refractivity contribution in [2.24, 2.45) is 11.8 Å². The Morgan fingerprint density at radius 1 is 0.950 bits per heavy atom. The average molecular weight is 289 g/mol. The Balaban J connectivity index is 2.54. The van der Waals surface area contributed by atoms with Gasteiger partial charge < -0.3 is 4.90 Å². The molecule has 0 amide bonds. The Morgan fingerprint density at radius 3 is 1.80 bits per heavy atom. The zero-order chi connectivity index (χ0) is 15.0. The SMILES string of the molecule is CC1CC(C)CN(c2c(F)c(F)c(C=O)c(F)c2F)C1. The van der Waals surface area contributed by atoms with Crippen molar-refractivity contribution in [2.75, 3.05) is 18.0 Å². The van der Waals surface area contributed by atoms with Crippen LogP contribution < -0.4 is 4.90 Å². The normalized spacial score (nSPS) is 23.0. The Hall–Kier alpha value is -1.59. The van der Waals surface area contributed by atoms with Crippen LogP contribution in [0.5, 0.6) is 0 Å². The monoisotopic (exact) mass is 289 g/mol. The molecule has 2 rings (SSSR count). The van der Waals surface area contributed by atoms with Crippen molar-refractivity contribution >= 4 is 12.0 Å². The fourth-order valence-corrected chi connectivity index (χ4v) is 2.86. The van der Waals surface area contributed by atoms with Gasteiger partial charge >= 0.3 is 0 Å². The molecule has 1 aliphatic heterocycles. The van der Waals surface area contributed by atoms with E-state index in [9.17, 15) is 22.4 Å². The van der Waals surface area contributed by atoms with Crippen LogP contribution in [0.15, 0.2) is 0 Å². The van der Waals surface area contributed by atoms with Gasteiger partial charge in [-0.1, -0.05) is 13.8 Å². The van der Waals surface area contributed by atoms with Gasteiger partial charge in [0.2, 0.25) is 0 Å². The largest absolute Gasteiger partial charge is 0.366 e. The van der Waals surface area contributed by atoms with Crippen molar-refractivity contribution in [3.63, 3.8) is 0 Å². The van der Waals surface area contributed by atoms with E-state index in [0.717, 1.165) is 6.42 Å². The second-order valence-corrected chi connectivity index (χ2v) is 5.49. The molecule has 0 aromatic heterocycles. The van der Waals surface area contributed by atoms with Gasteiger partial charge in [-0.15, -0.1) is 0 Å². The molecule has 0 spiro atoms. The molecule has 2 unspecified atom stereocenters. The van der Waals surface area contributed by atoms with Crippen molar-refractivity contribution in [1.82, 2.24) is 0 Å². The number of hydrogen-bond donors (Lipinski definition) is 0. The predicted octanol–water partition coefficient (Wildman–Crippen LogP) is 3.54. The maximum Gasteiger partial charge on any atom is 0.186 e. The molecule has 110 valence electrons. The molecule has 2 atom stereocenters. The summed E-state index contributed by atoms with van der Waals surface area (Å²) in [4.78, 5) is 11.8. The zero-order valence-corrected chi connectivity index (χ0v) is 11.2. The van der Waals surface area contributed by atoms with Gasteiger partial charge in [-0.25, -0.2) is 17.6 Å². The van der Waals surface area contributed by atoms with Crippen LogP contribution in [0.2, 0.25) is 0 Å². The molecule has 0 N–H and O–H groups in total. The van der Waals surface area contributed by atoms with Gasteiger partial charge in [-0.3, -0.25) is 4.79 Å². The molecule has 2 nitrogen and oxygen atoms in total. The maximum absolute atomic E-state index is 13.9. The predicted molar refractivity (Wildman–Crippen MR) is 66.8 cm³/mol. The number of anilines is 1. The van der Waals surface area contributed by atoms with E-state index in [1.807, 2.05) is 13.8 Å². The van der Waals surface area contributed by atoms with E-state index in [1.54, 1.807) is 0 Å². The van der Waals surface area contributed by atoms with E-state index in [1.165, 1.54) is 4.90 Å². The minimum absolute atomic E-state index is 0.161. The minimum Gasteiger partial charge on any atom is -0.366 e. The summed E-state index contributed by atoms with van der Waals surface area (Å²) in [5, 5.41) is 0. The Morgan fingerprint density at radius 2 is 1.40 bits per heavy atom. The number of rotatable bonds is 2. The molecule has 0 bridgehead atoms. The van der Waals surface area contributed by atoms with E-state index < -0.39 is 34.5 Å². The van der Waals surface area contributed by atoms with Gasteiger partial charge in [0.25, 0.3) is 0 Å². The van der Waals surface area contributed by atoms with Crippen LogP contribution in [0.4, 0.5) is 23.2 Å². The minimum atomic E-state index is -1.64. The van der Waals surface area contributed by atoms with E-state index in [2.05, 4.69) is 0 Å². The van der Waals surface area contributed by atoms with Crippen molar-refractivity contribution in [3.8, 4) is 0 Å². The molecule has 6 heteroatoms. The standard InChI is InChI=1S/C14H15F4NO/c1-7-3-8(2)5-19(4-7)14-12(17)10(15)9(6-20)11(16)13(14)18/h6-8H,3-5H2,1-2H3. The van der Waals surface area contributed by atoms with Crippen LogP contribution >= 0.6 is 0 Å². The quantitative estimate of drug-likeness (QED) is 0.471. The molecule has 1 heterocycles. The van der Waals surface area contributed by atoms with Crippen molar-refractivity contribution in [1.29, 1.82) is 0 Å². The lowest BCUT2D eigenvalue weighted by molar-refractivity contribution is 0.111. The van der Waals surface area contributed by atoms with Crippen molar-refractivity contribution in [2.45, 2.75) is 20.3 Å². The average Bonchev–Trinajstić information content (AvgIpc) is 2.36. The van der Waals surface area contributed by atoms with Gasteiger partial charge in [0.1, 0.15) is 5.69 Å². The second-order valence-electron chi connectivity index (χ2n) is 5.49. The number of piperidine rings is 1. The van der Waals surface area contributed by atoms with Gasteiger partial charge in [0.05, 0.1) is 5.56 Å². The number of aldehydes is 1. The van der Waals surface area contributed by atoms with E-state index in [-0.39, 0.29) is 18.1 Å². The second kappa shape index (κ2) is 5.42. The van der Waals surface area contributed by atoms with Crippen molar-refractivity contribution < 1.29 is 22.4 Å². The van der Waals surface area contributed by atoms with Crippen LogP contribution in [-0.2, 0) is 0 Å². The van der Waals surface area contributed by atoms with Crippen LogP contribution in [0, 0.1) is 35.1 Å². The highest BCUT2D eigenvalue weighted by Gasteiger charge is 2.31.